The number of thiophene rings is 1. The zero-order valence-corrected chi connectivity index (χ0v) is 12.9. The van der Waals surface area contributed by atoms with Crippen LogP contribution in [-0.4, -0.2) is 17.9 Å². The molecule has 0 fully saturated rings. The van der Waals surface area contributed by atoms with E-state index in [1.807, 2.05) is 11.4 Å². The van der Waals surface area contributed by atoms with Crippen molar-refractivity contribution in [2.45, 2.75) is 6.54 Å². The second-order valence-electron chi connectivity index (χ2n) is 3.50. The van der Waals surface area contributed by atoms with Crippen LogP contribution in [0.5, 0.6) is 0 Å². The van der Waals surface area contributed by atoms with Crippen LogP contribution in [0, 0.1) is 0 Å². The molecule has 0 unspecified atom stereocenters. The molecule has 0 aliphatic heterocycles. The Kier molecular flexibility index (Phi) is 4.06. The molecule has 0 saturated heterocycles. The molecule has 2 aromatic heterocycles. The molecule has 0 radical (unpaired) electrons. The maximum Gasteiger partial charge on any atom is 0.258 e. The minimum absolute atomic E-state index is 0.0600. The predicted molar refractivity (Wildman–Crippen MR) is 74.2 cm³/mol. The molecule has 90 valence electrons. The SMILES string of the molecule is CN(Cc1cc(Br)cs1)C(=O)c1ccoc1Br. The molecule has 0 atom stereocenters. The van der Waals surface area contributed by atoms with Gasteiger partial charge < -0.3 is 9.32 Å². The van der Waals surface area contributed by atoms with Crippen molar-refractivity contribution in [3.63, 3.8) is 0 Å². The summed E-state index contributed by atoms with van der Waals surface area (Å²) < 4.78 is 6.57. The minimum atomic E-state index is -0.0600. The Balaban J connectivity index is 2.08. The molecule has 0 N–H and O–H groups in total. The van der Waals surface area contributed by atoms with E-state index in [0.717, 1.165) is 9.35 Å². The lowest BCUT2D eigenvalue weighted by molar-refractivity contribution is 0.0784. The largest absolute Gasteiger partial charge is 0.457 e. The van der Waals surface area contributed by atoms with Gasteiger partial charge in [-0.25, -0.2) is 0 Å². The molecular weight excluding hydrogens is 370 g/mol. The number of rotatable bonds is 3. The van der Waals surface area contributed by atoms with E-state index in [-0.39, 0.29) is 5.91 Å². The minimum Gasteiger partial charge on any atom is -0.457 e. The molecule has 17 heavy (non-hydrogen) atoms. The lowest BCUT2D eigenvalue weighted by Crippen LogP contribution is -2.25. The van der Waals surface area contributed by atoms with E-state index < -0.39 is 0 Å². The van der Waals surface area contributed by atoms with Crippen molar-refractivity contribution in [2.24, 2.45) is 0 Å². The van der Waals surface area contributed by atoms with E-state index >= 15 is 0 Å². The number of carbonyl (C=O) groups excluding carboxylic acids is 1. The molecule has 6 heteroatoms. The third-order valence-electron chi connectivity index (χ3n) is 2.21. The van der Waals surface area contributed by atoms with Gasteiger partial charge in [-0.1, -0.05) is 0 Å². The van der Waals surface area contributed by atoms with Gasteiger partial charge >= 0.3 is 0 Å². The van der Waals surface area contributed by atoms with Gasteiger partial charge in [-0.05, 0) is 44.0 Å². The van der Waals surface area contributed by atoms with E-state index in [4.69, 9.17) is 4.42 Å². The van der Waals surface area contributed by atoms with E-state index in [0.29, 0.717) is 16.8 Å². The van der Waals surface area contributed by atoms with E-state index in [2.05, 4.69) is 31.9 Å². The smallest absolute Gasteiger partial charge is 0.258 e. The monoisotopic (exact) mass is 377 g/mol. The summed E-state index contributed by atoms with van der Waals surface area (Å²) >= 11 is 8.22. The first-order valence-corrected chi connectivity index (χ1v) is 7.26. The van der Waals surface area contributed by atoms with Crippen molar-refractivity contribution in [3.8, 4) is 0 Å². The van der Waals surface area contributed by atoms with Gasteiger partial charge in [-0.3, -0.25) is 4.79 Å². The van der Waals surface area contributed by atoms with Gasteiger partial charge in [-0.2, -0.15) is 0 Å². The third kappa shape index (κ3) is 3.00. The third-order valence-corrected chi connectivity index (χ3v) is 4.51. The molecular formula is C11H9Br2NO2S. The molecule has 0 aromatic carbocycles. The van der Waals surface area contributed by atoms with Crippen LogP contribution in [0.15, 0.2) is 37.3 Å². The summed E-state index contributed by atoms with van der Waals surface area (Å²) in [4.78, 5) is 14.9. The van der Waals surface area contributed by atoms with Crippen LogP contribution in [0.4, 0.5) is 0 Å². The fourth-order valence-electron chi connectivity index (χ4n) is 1.39. The van der Waals surface area contributed by atoms with Crippen molar-refractivity contribution in [3.05, 3.63) is 43.4 Å². The van der Waals surface area contributed by atoms with E-state index in [9.17, 15) is 4.79 Å². The van der Waals surface area contributed by atoms with Crippen LogP contribution in [0.3, 0.4) is 0 Å². The van der Waals surface area contributed by atoms with Gasteiger partial charge in [0, 0.05) is 21.8 Å². The topological polar surface area (TPSA) is 33.5 Å². The second-order valence-corrected chi connectivity index (χ2v) is 6.13. The summed E-state index contributed by atoms with van der Waals surface area (Å²) in [5, 5.41) is 2.00. The quantitative estimate of drug-likeness (QED) is 0.804. The molecule has 0 aliphatic carbocycles. The average Bonchev–Trinajstić information content (AvgIpc) is 2.86. The number of carbonyl (C=O) groups is 1. The number of hydrogen-bond acceptors (Lipinski definition) is 3. The van der Waals surface area contributed by atoms with Gasteiger partial charge in [0.25, 0.3) is 5.91 Å². The number of nitrogens with zero attached hydrogens (tertiary/aromatic N) is 1. The Morgan fingerprint density at radius 1 is 1.53 bits per heavy atom. The van der Waals surface area contributed by atoms with Crippen molar-refractivity contribution in [1.29, 1.82) is 0 Å². The van der Waals surface area contributed by atoms with Crippen LogP contribution in [0.1, 0.15) is 15.2 Å². The summed E-state index contributed by atoms with van der Waals surface area (Å²) in [5.41, 5.74) is 0.545. The Hall–Kier alpha value is -0.590. The first-order valence-electron chi connectivity index (χ1n) is 4.79. The lowest BCUT2D eigenvalue weighted by Gasteiger charge is -2.15. The van der Waals surface area contributed by atoms with E-state index in [1.165, 1.54) is 6.26 Å². The summed E-state index contributed by atoms with van der Waals surface area (Å²) in [7, 11) is 1.77. The van der Waals surface area contributed by atoms with Gasteiger partial charge in [0.05, 0.1) is 18.4 Å². The predicted octanol–water partition coefficient (Wildman–Crippen LogP) is 4.14. The van der Waals surface area contributed by atoms with Crippen molar-refractivity contribution in [2.75, 3.05) is 7.05 Å². The summed E-state index contributed by atoms with van der Waals surface area (Å²) in [6, 6.07) is 3.67. The van der Waals surface area contributed by atoms with Crippen LogP contribution in [0.25, 0.3) is 0 Å². The standard InChI is InChI=1S/C11H9Br2NO2S/c1-14(5-8-4-7(12)6-17-8)11(15)9-2-3-16-10(9)13/h2-4,6H,5H2,1H3. The molecule has 0 aliphatic rings. The number of halogens is 2. The molecule has 2 aromatic rings. The molecule has 3 nitrogen and oxygen atoms in total. The lowest BCUT2D eigenvalue weighted by atomic mass is 10.3. The molecule has 2 heterocycles. The molecule has 0 spiro atoms. The fourth-order valence-corrected chi connectivity index (χ4v) is 3.31. The van der Waals surface area contributed by atoms with Crippen LogP contribution in [-0.2, 0) is 6.54 Å². The van der Waals surface area contributed by atoms with Gasteiger partial charge in [0.1, 0.15) is 0 Å². The van der Waals surface area contributed by atoms with Crippen molar-refractivity contribution >= 4 is 49.1 Å². The van der Waals surface area contributed by atoms with Gasteiger partial charge in [-0.15, -0.1) is 11.3 Å². The Bertz CT molecular complexity index is 535. The van der Waals surface area contributed by atoms with Gasteiger partial charge in [0.15, 0.2) is 4.67 Å². The Morgan fingerprint density at radius 2 is 2.29 bits per heavy atom. The Morgan fingerprint density at radius 3 is 2.82 bits per heavy atom. The highest BCUT2D eigenvalue weighted by molar-refractivity contribution is 9.10. The molecule has 0 saturated carbocycles. The van der Waals surface area contributed by atoms with Crippen molar-refractivity contribution < 1.29 is 9.21 Å². The van der Waals surface area contributed by atoms with Crippen LogP contribution in [0.2, 0.25) is 0 Å². The number of furan rings is 1. The highest BCUT2D eigenvalue weighted by Gasteiger charge is 2.17. The van der Waals surface area contributed by atoms with Gasteiger partial charge in [0.2, 0.25) is 0 Å². The molecule has 1 amide bonds. The van der Waals surface area contributed by atoms with Crippen LogP contribution < -0.4 is 0 Å². The molecule has 0 bridgehead atoms. The number of hydrogen-bond donors (Lipinski definition) is 0. The average molecular weight is 379 g/mol. The second kappa shape index (κ2) is 5.37. The maximum atomic E-state index is 12.1. The summed E-state index contributed by atoms with van der Waals surface area (Å²) in [6.07, 6.45) is 1.49. The highest BCUT2D eigenvalue weighted by Crippen LogP contribution is 2.23. The first kappa shape index (κ1) is 12.9. The zero-order chi connectivity index (χ0) is 12.4. The van der Waals surface area contributed by atoms with E-state index in [1.54, 1.807) is 29.4 Å². The Labute approximate surface area is 120 Å². The summed E-state index contributed by atoms with van der Waals surface area (Å²) in [5.74, 6) is -0.0600. The summed E-state index contributed by atoms with van der Waals surface area (Å²) in [6.45, 7) is 0.590. The number of amides is 1. The zero-order valence-electron chi connectivity index (χ0n) is 8.94. The fraction of sp³-hybridized carbons (Fsp3) is 0.182. The maximum absolute atomic E-state index is 12.1. The highest BCUT2D eigenvalue weighted by atomic mass is 79.9. The van der Waals surface area contributed by atoms with Crippen LogP contribution >= 0.6 is 43.2 Å². The normalized spacial score (nSPS) is 10.5. The van der Waals surface area contributed by atoms with Crippen molar-refractivity contribution in [1.82, 2.24) is 4.90 Å². The molecule has 2 rings (SSSR count). The first-order chi connectivity index (χ1) is 8.08.